The van der Waals surface area contributed by atoms with Crippen molar-refractivity contribution in [2.24, 2.45) is 0 Å². The van der Waals surface area contributed by atoms with Crippen LogP contribution in [0.5, 0.6) is 0 Å². The van der Waals surface area contributed by atoms with Gasteiger partial charge in [0.25, 0.3) is 0 Å². The maximum absolute atomic E-state index is 6.25. The van der Waals surface area contributed by atoms with E-state index in [1.165, 1.54) is 22.3 Å². The number of benzene rings is 6. The van der Waals surface area contributed by atoms with E-state index in [0.29, 0.717) is 0 Å². The van der Waals surface area contributed by atoms with Crippen LogP contribution in [0.3, 0.4) is 0 Å². The lowest BCUT2D eigenvalue weighted by molar-refractivity contribution is 0.670. The van der Waals surface area contributed by atoms with Gasteiger partial charge in [-0.1, -0.05) is 140 Å². The summed E-state index contributed by atoms with van der Waals surface area (Å²) >= 11 is 0. The van der Waals surface area contributed by atoms with E-state index in [-0.39, 0.29) is 0 Å². The van der Waals surface area contributed by atoms with Crippen LogP contribution in [0, 0.1) is 0 Å². The molecule has 0 N–H and O–H groups in total. The highest BCUT2D eigenvalue weighted by molar-refractivity contribution is 6.09. The first-order chi connectivity index (χ1) is 19.2. The number of para-hydroxylation sites is 2. The van der Waals surface area contributed by atoms with Crippen molar-refractivity contribution in [1.29, 1.82) is 0 Å². The minimum absolute atomic E-state index is 0.917. The molecule has 0 aliphatic rings. The molecule has 0 atom stereocenters. The summed E-state index contributed by atoms with van der Waals surface area (Å²) in [6, 6.07) is 51.1. The fourth-order valence-electron chi connectivity index (χ4n) is 5.36. The molecule has 0 fully saturated rings. The highest BCUT2D eigenvalue weighted by atomic mass is 16.3. The first-order valence-electron chi connectivity index (χ1n) is 13.2. The fraction of sp³-hybridized carbons (Fsp3) is 0. The van der Waals surface area contributed by atoms with Crippen molar-refractivity contribution in [2.45, 2.75) is 0 Å². The van der Waals surface area contributed by atoms with Gasteiger partial charge in [0, 0.05) is 16.3 Å². The van der Waals surface area contributed by atoms with Gasteiger partial charge in [-0.25, -0.2) is 0 Å². The summed E-state index contributed by atoms with van der Waals surface area (Å²) in [4.78, 5) is 0. The van der Waals surface area contributed by atoms with Crippen LogP contribution in [0.4, 0.5) is 0 Å². The molecular formula is C38H26O. The smallest absolute Gasteiger partial charge is 0.143 e. The molecule has 0 saturated heterocycles. The van der Waals surface area contributed by atoms with Crippen molar-refractivity contribution in [3.05, 3.63) is 163 Å². The summed E-state index contributed by atoms with van der Waals surface area (Å²) in [6.07, 6.45) is 0. The van der Waals surface area contributed by atoms with Crippen molar-refractivity contribution in [2.75, 3.05) is 0 Å². The molecule has 0 radical (unpaired) electrons. The molecule has 0 amide bonds. The van der Waals surface area contributed by atoms with E-state index in [1.54, 1.807) is 0 Å². The maximum atomic E-state index is 6.25. The standard InChI is InChI=1S/C38H26O/c1-26(27-17-21-30(22-18-27)33-12-7-11-32(25-33)29-9-3-2-4-10-29)28-19-23-31(24-20-28)34-14-8-15-36-35-13-5-6-16-37(35)39-38(34)36/h2-25H,1H2. The van der Waals surface area contributed by atoms with Crippen LogP contribution >= 0.6 is 0 Å². The lowest BCUT2D eigenvalue weighted by Gasteiger charge is -2.10. The second kappa shape index (κ2) is 9.63. The summed E-state index contributed by atoms with van der Waals surface area (Å²) in [5, 5.41) is 2.29. The number of fused-ring (bicyclic) bond motifs is 3. The molecule has 0 bridgehead atoms. The second-order valence-electron chi connectivity index (χ2n) is 9.86. The molecule has 0 saturated carbocycles. The Hall–Kier alpha value is -5.14. The summed E-state index contributed by atoms with van der Waals surface area (Å²) in [5.74, 6) is 0. The molecule has 0 unspecified atom stereocenters. The zero-order valence-electron chi connectivity index (χ0n) is 21.5. The van der Waals surface area contributed by atoms with Crippen molar-refractivity contribution in [3.8, 4) is 33.4 Å². The van der Waals surface area contributed by atoms with Gasteiger partial charge in [0.15, 0.2) is 0 Å². The maximum Gasteiger partial charge on any atom is 0.143 e. The molecule has 7 aromatic rings. The van der Waals surface area contributed by atoms with Gasteiger partial charge in [-0.05, 0) is 56.6 Å². The average molecular weight is 499 g/mol. The Bertz CT molecular complexity index is 1940. The molecule has 0 spiro atoms. The Morgan fingerprint density at radius 3 is 1.69 bits per heavy atom. The van der Waals surface area contributed by atoms with Gasteiger partial charge < -0.3 is 4.42 Å². The summed E-state index contributed by atoms with van der Waals surface area (Å²) in [6.45, 7) is 4.41. The van der Waals surface area contributed by atoms with Crippen LogP contribution in [0.2, 0.25) is 0 Å². The molecule has 39 heavy (non-hydrogen) atoms. The highest BCUT2D eigenvalue weighted by Crippen LogP contribution is 2.36. The molecule has 7 rings (SSSR count). The van der Waals surface area contributed by atoms with E-state index >= 15 is 0 Å². The number of hydrogen-bond donors (Lipinski definition) is 0. The zero-order valence-corrected chi connectivity index (χ0v) is 21.5. The Kier molecular flexibility index (Phi) is 5.68. The van der Waals surface area contributed by atoms with Crippen LogP contribution in [0.1, 0.15) is 11.1 Å². The molecule has 184 valence electrons. The van der Waals surface area contributed by atoms with E-state index in [9.17, 15) is 0 Å². The van der Waals surface area contributed by atoms with Crippen molar-refractivity contribution < 1.29 is 4.42 Å². The molecule has 0 aliphatic heterocycles. The molecule has 0 aliphatic carbocycles. The number of furan rings is 1. The van der Waals surface area contributed by atoms with E-state index in [1.807, 2.05) is 18.2 Å². The number of rotatable bonds is 5. The average Bonchev–Trinajstić information content (AvgIpc) is 3.40. The molecule has 1 heteroatoms. The molecule has 6 aromatic carbocycles. The van der Waals surface area contributed by atoms with Gasteiger partial charge >= 0.3 is 0 Å². The molecular weight excluding hydrogens is 472 g/mol. The van der Waals surface area contributed by atoms with Crippen LogP contribution < -0.4 is 0 Å². The first-order valence-corrected chi connectivity index (χ1v) is 13.2. The molecule has 1 heterocycles. The summed E-state index contributed by atoms with van der Waals surface area (Å²) in [5.41, 5.74) is 12.2. The third kappa shape index (κ3) is 4.24. The number of hydrogen-bond acceptors (Lipinski definition) is 1. The highest BCUT2D eigenvalue weighted by Gasteiger charge is 2.12. The van der Waals surface area contributed by atoms with Gasteiger partial charge in [0.1, 0.15) is 11.2 Å². The van der Waals surface area contributed by atoms with Gasteiger partial charge in [0.05, 0.1) is 0 Å². The third-order valence-electron chi connectivity index (χ3n) is 7.49. The van der Waals surface area contributed by atoms with Crippen LogP contribution in [-0.2, 0) is 0 Å². The Balaban J connectivity index is 1.15. The fourth-order valence-corrected chi connectivity index (χ4v) is 5.36. The topological polar surface area (TPSA) is 13.1 Å². The van der Waals surface area contributed by atoms with Crippen molar-refractivity contribution in [3.63, 3.8) is 0 Å². The Morgan fingerprint density at radius 2 is 0.974 bits per heavy atom. The van der Waals surface area contributed by atoms with E-state index < -0.39 is 0 Å². The normalized spacial score (nSPS) is 11.2. The second-order valence-corrected chi connectivity index (χ2v) is 9.86. The summed E-state index contributed by atoms with van der Waals surface area (Å²) < 4.78 is 6.25. The van der Waals surface area contributed by atoms with E-state index in [4.69, 9.17) is 4.42 Å². The van der Waals surface area contributed by atoms with Crippen molar-refractivity contribution in [1.82, 2.24) is 0 Å². The zero-order chi connectivity index (χ0) is 26.2. The SMILES string of the molecule is C=C(c1ccc(-c2cccc(-c3ccccc3)c2)cc1)c1ccc(-c2cccc3c2oc2ccccc23)cc1. The summed E-state index contributed by atoms with van der Waals surface area (Å²) in [7, 11) is 0. The Labute approximate surface area is 228 Å². The van der Waals surface area contributed by atoms with Gasteiger partial charge in [0.2, 0.25) is 0 Å². The quantitative estimate of drug-likeness (QED) is 0.230. The van der Waals surface area contributed by atoms with Crippen LogP contribution in [0.15, 0.2) is 157 Å². The van der Waals surface area contributed by atoms with Gasteiger partial charge in [-0.3, -0.25) is 0 Å². The Morgan fingerprint density at radius 1 is 0.436 bits per heavy atom. The van der Waals surface area contributed by atoms with E-state index in [0.717, 1.165) is 49.8 Å². The molecule has 1 aromatic heterocycles. The van der Waals surface area contributed by atoms with Gasteiger partial charge in [-0.15, -0.1) is 0 Å². The first kappa shape index (κ1) is 23.0. The predicted molar refractivity (Wildman–Crippen MR) is 165 cm³/mol. The van der Waals surface area contributed by atoms with Crippen LogP contribution in [0.25, 0.3) is 60.9 Å². The van der Waals surface area contributed by atoms with Gasteiger partial charge in [-0.2, -0.15) is 0 Å². The van der Waals surface area contributed by atoms with E-state index in [2.05, 4.69) is 134 Å². The van der Waals surface area contributed by atoms with Crippen molar-refractivity contribution >= 4 is 27.5 Å². The lowest BCUT2D eigenvalue weighted by atomic mass is 9.94. The lowest BCUT2D eigenvalue weighted by Crippen LogP contribution is -1.88. The minimum atomic E-state index is 0.917. The minimum Gasteiger partial charge on any atom is -0.455 e. The molecule has 1 nitrogen and oxygen atoms in total. The third-order valence-corrected chi connectivity index (χ3v) is 7.49. The van der Waals surface area contributed by atoms with Crippen LogP contribution in [-0.4, -0.2) is 0 Å². The predicted octanol–water partition coefficient (Wildman–Crippen LogP) is 10.6. The largest absolute Gasteiger partial charge is 0.455 e. The monoisotopic (exact) mass is 498 g/mol.